The topological polar surface area (TPSA) is 45.2 Å². The summed E-state index contributed by atoms with van der Waals surface area (Å²) in [7, 11) is 1.85. The van der Waals surface area contributed by atoms with Crippen LogP contribution in [0.15, 0.2) is 35.7 Å². The normalized spacial score (nSPS) is 15.6. The van der Waals surface area contributed by atoms with Gasteiger partial charge in [-0.2, -0.15) is 0 Å². The lowest BCUT2D eigenvalue weighted by atomic mass is 9.90. The Labute approximate surface area is 141 Å². The van der Waals surface area contributed by atoms with E-state index in [0.717, 1.165) is 43.2 Å². The number of hydrogen-bond donors (Lipinski definition) is 1. The zero-order valence-electron chi connectivity index (χ0n) is 13.5. The van der Waals surface area contributed by atoms with E-state index in [-0.39, 0.29) is 5.91 Å². The van der Waals surface area contributed by atoms with Crippen LogP contribution in [-0.4, -0.2) is 35.9 Å². The van der Waals surface area contributed by atoms with Crippen LogP contribution in [0.3, 0.4) is 0 Å². The maximum Gasteiger partial charge on any atom is 0.228 e. The number of amides is 1. The Balaban J connectivity index is 1.47. The van der Waals surface area contributed by atoms with Crippen LogP contribution in [0.25, 0.3) is 0 Å². The number of nitrogens with one attached hydrogen (secondary N) is 1. The molecule has 122 valence electrons. The Morgan fingerprint density at radius 2 is 2.04 bits per heavy atom. The number of aromatic nitrogens is 1. The third-order valence-corrected chi connectivity index (χ3v) is 5.34. The lowest BCUT2D eigenvalue weighted by Gasteiger charge is -2.32. The summed E-state index contributed by atoms with van der Waals surface area (Å²) in [5, 5.41) is 5.85. The Bertz CT molecular complexity index is 633. The molecule has 0 unspecified atom stereocenters. The largest absolute Gasteiger partial charge is 0.365 e. The fourth-order valence-electron chi connectivity index (χ4n) is 3.10. The lowest BCUT2D eigenvalue weighted by Crippen LogP contribution is -2.39. The van der Waals surface area contributed by atoms with Crippen molar-refractivity contribution in [1.82, 2.24) is 9.88 Å². The van der Waals surface area contributed by atoms with Crippen LogP contribution < -0.4 is 5.32 Å². The zero-order valence-corrected chi connectivity index (χ0v) is 14.3. The number of anilines is 1. The van der Waals surface area contributed by atoms with E-state index in [0.29, 0.717) is 12.3 Å². The molecule has 1 N–H and O–H groups in total. The number of nitrogens with zero attached hydrogens (tertiary/aromatic N) is 2. The molecule has 3 rings (SSSR count). The molecule has 4 nitrogen and oxygen atoms in total. The van der Waals surface area contributed by atoms with E-state index in [1.54, 1.807) is 11.3 Å². The van der Waals surface area contributed by atoms with Gasteiger partial charge in [-0.1, -0.05) is 30.3 Å². The zero-order chi connectivity index (χ0) is 16.1. The minimum absolute atomic E-state index is 0.205. The van der Waals surface area contributed by atoms with Gasteiger partial charge in [0, 0.05) is 25.5 Å². The fourth-order valence-corrected chi connectivity index (χ4v) is 3.78. The third kappa shape index (κ3) is 4.32. The van der Waals surface area contributed by atoms with Gasteiger partial charge < -0.3 is 10.2 Å². The number of benzene rings is 1. The van der Waals surface area contributed by atoms with Gasteiger partial charge in [0.1, 0.15) is 0 Å². The van der Waals surface area contributed by atoms with E-state index in [1.165, 1.54) is 5.56 Å². The molecule has 0 saturated carbocycles. The summed E-state index contributed by atoms with van der Waals surface area (Å²) in [5.74, 6) is 0.896. The molecule has 2 heterocycles. The molecule has 2 aromatic rings. The Morgan fingerprint density at radius 1 is 1.30 bits per heavy atom. The van der Waals surface area contributed by atoms with E-state index in [2.05, 4.69) is 40.6 Å². The van der Waals surface area contributed by atoms with Crippen molar-refractivity contribution < 1.29 is 4.79 Å². The van der Waals surface area contributed by atoms with Gasteiger partial charge in [0.05, 0.1) is 12.1 Å². The minimum atomic E-state index is 0.205. The highest BCUT2D eigenvalue weighted by molar-refractivity contribution is 7.13. The second-order valence-electron chi connectivity index (χ2n) is 6.08. The van der Waals surface area contributed by atoms with Crippen molar-refractivity contribution >= 4 is 22.4 Å². The van der Waals surface area contributed by atoms with Gasteiger partial charge in [-0.25, -0.2) is 4.98 Å². The van der Waals surface area contributed by atoms with Gasteiger partial charge in [-0.3, -0.25) is 4.79 Å². The summed E-state index contributed by atoms with van der Waals surface area (Å²) in [6.45, 7) is 1.75. The predicted octanol–water partition coefficient (Wildman–Crippen LogP) is 3.21. The average Bonchev–Trinajstić information content (AvgIpc) is 3.04. The number of thiazole rings is 1. The summed E-state index contributed by atoms with van der Waals surface area (Å²) < 4.78 is 0. The second kappa shape index (κ2) is 7.59. The monoisotopic (exact) mass is 329 g/mol. The van der Waals surface area contributed by atoms with Crippen LogP contribution in [0.4, 0.5) is 5.13 Å². The van der Waals surface area contributed by atoms with Crippen LogP contribution in [0.2, 0.25) is 0 Å². The molecule has 0 bridgehead atoms. The molecular formula is C18H23N3OS. The van der Waals surface area contributed by atoms with Crippen molar-refractivity contribution in [2.24, 2.45) is 5.92 Å². The summed E-state index contributed by atoms with van der Waals surface area (Å²) in [5.41, 5.74) is 2.27. The standard InChI is InChI=1S/C18H23N3OS/c1-19-18-20-16(13-23-18)12-17(22)21-9-7-15(8-10-21)11-14-5-3-2-4-6-14/h2-6,13,15H,7-12H2,1H3,(H,19,20). The SMILES string of the molecule is CNc1nc(CC(=O)N2CCC(Cc3ccccc3)CC2)cs1. The predicted molar refractivity (Wildman–Crippen MR) is 94.8 cm³/mol. The van der Waals surface area contributed by atoms with Gasteiger partial charge in [-0.05, 0) is 30.7 Å². The molecule has 1 amide bonds. The first-order chi connectivity index (χ1) is 11.2. The molecule has 5 heteroatoms. The number of carbonyl (C=O) groups excluding carboxylic acids is 1. The van der Waals surface area contributed by atoms with Crippen LogP contribution >= 0.6 is 11.3 Å². The molecule has 1 aromatic heterocycles. The van der Waals surface area contributed by atoms with E-state index in [9.17, 15) is 4.79 Å². The van der Waals surface area contributed by atoms with Crippen molar-refractivity contribution in [3.8, 4) is 0 Å². The molecule has 1 aliphatic heterocycles. The molecule has 23 heavy (non-hydrogen) atoms. The van der Waals surface area contributed by atoms with E-state index >= 15 is 0 Å². The number of rotatable bonds is 5. The Morgan fingerprint density at radius 3 is 2.70 bits per heavy atom. The van der Waals surface area contributed by atoms with Crippen molar-refractivity contribution in [2.45, 2.75) is 25.7 Å². The summed E-state index contributed by atoms with van der Waals surface area (Å²) in [4.78, 5) is 18.8. The number of likely N-dealkylation sites (tertiary alicyclic amines) is 1. The highest BCUT2D eigenvalue weighted by atomic mass is 32.1. The Kier molecular flexibility index (Phi) is 5.28. The van der Waals surface area contributed by atoms with Gasteiger partial charge >= 0.3 is 0 Å². The number of carbonyl (C=O) groups is 1. The van der Waals surface area contributed by atoms with E-state index < -0.39 is 0 Å². The van der Waals surface area contributed by atoms with Gasteiger partial charge in [0.15, 0.2) is 5.13 Å². The van der Waals surface area contributed by atoms with Crippen molar-refractivity contribution in [3.05, 3.63) is 47.0 Å². The number of piperidine rings is 1. The summed E-state index contributed by atoms with van der Waals surface area (Å²) in [6, 6.07) is 10.6. The van der Waals surface area contributed by atoms with Crippen molar-refractivity contribution in [1.29, 1.82) is 0 Å². The lowest BCUT2D eigenvalue weighted by molar-refractivity contribution is -0.131. The van der Waals surface area contributed by atoms with Crippen LogP contribution in [-0.2, 0) is 17.6 Å². The second-order valence-corrected chi connectivity index (χ2v) is 6.94. The van der Waals surface area contributed by atoms with Gasteiger partial charge in [0.2, 0.25) is 5.91 Å². The minimum Gasteiger partial charge on any atom is -0.365 e. The Hall–Kier alpha value is -1.88. The number of hydrogen-bond acceptors (Lipinski definition) is 4. The van der Waals surface area contributed by atoms with Crippen LogP contribution in [0.5, 0.6) is 0 Å². The highest BCUT2D eigenvalue weighted by Gasteiger charge is 2.23. The van der Waals surface area contributed by atoms with E-state index in [1.807, 2.05) is 17.3 Å². The maximum atomic E-state index is 12.4. The fraction of sp³-hybridized carbons (Fsp3) is 0.444. The molecule has 0 aliphatic carbocycles. The first-order valence-corrected chi connectivity index (χ1v) is 9.06. The smallest absolute Gasteiger partial charge is 0.228 e. The molecule has 1 aromatic carbocycles. The van der Waals surface area contributed by atoms with Crippen molar-refractivity contribution in [2.75, 3.05) is 25.5 Å². The molecule has 0 atom stereocenters. The molecule has 0 spiro atoms. The van der Waals surface area contributed by atoms with E-state index in [4.69, 9.17) is 0 Å². The molecule has 0 radical (unpaired) electrons. The quantitative estimate of drug-likeness (QED) is 0.916. The van der Waals surface area contributed by atoms with Gasteiger partial charge in [-0.15, -0.1) is 11.3 Å². The average molecular weight is 329 g/mol. The van der Waals surface area contributed by atoms with Crippen molar-refractivity contribution in [3.63, 3.8) is 0 Å². The van der Waals surface area contributed by atoms with Gasteiger partial charge in [0.25, 0.3) is 0 Å². The van der Waals surface area contributed by atoms with Crippen LogP contribution in [0.1, 0.15) is 24.1 Å². The molecule has 1 fully saturated rings. The highest BCUT2D eigenvalue weighted by Crippen LogP contribution is 2.22. The summed E-state index contributed by atoms with van der Waals surface area (Å²) >= 11 is 1.55. The third-order valence-electron chi connectivity index (χ3n) is 4.43. The molecule has 1 saturated heterocycles. The van der Waals surface area contributed by atoms with Crippen LogP contribution in [0, 0.1) is 5.92 Å². The molecular weight excluding hydrogens is 306 g/mol. The first kappa shape index (κ1) is 16.0. The maximum absolute atomic E-state index is 12.4. The summed E-state index contributed by atoms with van der Waals surface area (Å²) in [6.07, 6.45) is 3.74. The molecule has 1 aliphatic rings. The first-order valence-electron chi connectivity index (χ1n) is 8.18.